The van der Waals surface area contributed by atoms with Gasteiger partial charge in [0.2, 0.25) is 5.95 Å². The molecule has 1 N–H and O–H groups in total. The van der Waals surface area contributed by atoms with Crippen molar-refractivity contribution in [2.45, 2.75) is 83.2 Å². The van der Waals surface area contributed by atoms with Crippen LogP contribution in [0.5, 0.6) is 0 Å². The molecule has 0 bridgehead atoms. The Labute approximate surface area is 282 Å². The highest BCUT2D eigenvalue weighted by Crippen LogP contribution is 2.53. The van der Waals surface area contributed by atoms with Crippen molar-refractivity contribution in [3.8, 4) is 11.1 Å². The molecule has 9 nitrogen and oxygen atoms in total. The van der Waals surface area contributed by atoms with E-state index in [-0.39, 0.29) is 16.2 Å². The number of fused-ring (bicyclic) bond motifs is 4. The highest BCUT2D eigenvalue weighted by Gasteiger charge is 2.50. The molecule has 1 aliphatic heterocycles. The van der Waals surface area contributed by atoms with E-state index in [1.165, 1.54) is 11.1 Å². The summed E-state index contributed by atoms with van der Waals surface area (Å²) in [5, 5.41) is 1.02. The molecule has 4 aromatic heterocycles. The van der Waals surface area contributed by atoms with Crippen LogP contribution in [0.25, 0.3) is 27.8 Å². The van der Waals surface area contributed by atoms with Gasteiger partial charge in [-0.3, -0.25) is 9.38 Å². The summed E-state index contributed by atoms with van der Waals surface area (Å²) in [6.45, 7) is 16.1. The van der Waals surface area contributed by atoms with Crippen molar-refractivity contribution in [2.24, 2.45) is 5.41 Å². The molecule has 1 fully saturated rings. The van der Waals surface area contributed by atoms with Crippen LogP contribution in [-0.2, 0) is 29.3 Å². The normalized spacial score (nSPS) is 18.8. The zero-order valence-electron chi connectivity index (χ0n) is 28.5. The molecule has 0 amide bonds. The number of ether oxygens (including phenoxy) is 1. The van der Waals surface area contributed by atoms with Gasteiger partial charge in [-0.2, -0.15) is 4.98 Å². The number of benzene rings is 1. The molecule has 1 aromatic carbocycles. The van der Waals surface area contributed by atoms with Gasteiger partial charge in [0.25, 0.3) is 0 Å². The minimum absolute atomic E-state index is 0.00179. The Morgan fingerprint density at radius 1 is 1.04 bits per heavy atom. The second kappa shape index (κ2) is 12.3. The third-order valence-electron chi connectivity index (χ3n) is 9.90. The summed E-state index contributed by atoms with van der Waals surface area (Å²) in [7, 11) is -1.21. The third-order valence-corrected chi connectivity index (χ3v) is 13.2. The maximum Gasteiger partial charge on any atom is 0.213 e. The number of piperidine rings is 1. The summed E-state index contributed by atoms with van der Waals surface area (Å²) in [6, 6.07) is 14.0. The van der Waals surface area contributed by atoms with Gasteiger partial charge in [0, 0.05) is 81.1 Å². The largest absolute Gasteiger partial charge is 0.598 e. The zero-order valence-corrected chi connectivity index (χ0v) is 30.3. The Bertz CT molecular complexity index is 1870. The van der Waals surface area contributed by atoms with Crippen molar-refractivity contribution in [3.63, 3.8) is 0 Å². The van der Waals surface area contributed by atoms with Gasteiger partial charge < -0.3 is 18.8 Å². The molecule has 7 rings (SSSR count). The first kappa shape index (κ1) is 32.3. The van der Waals surface area contributed by atoms with Gasteiger partial charge in [-0.25, -0.2) is 4.98 Å². The fraction of sp³-hybridized carbons (Fsp3) is 0.472. The van der Waals surface area contributed by atoms with Crippen LogP contribution in [0.1, 0.15) is 50.8 Å². The Balaban J connectivity index is 1.22. The van der Waals surface area contributed by atoms with Crippen LogP contribution >= 0.6 is 0 Å². The third kappa shape index (κ3) is 6.24. The second-order valence-electron chi connectivity index (χ2n) is 15.5. The van der Waals surface area contributed by atoms with Gasteiger partial charge in [-0.15, -0.1) is 4.72 Å². The summed E-state index contributed by atoms with van der Waals surface area (Å²) >= 11 is -1.17. The van der Waals surface area contributed by atoms with Crippen molar-refractivity contribution in [2.75, 3.05) is 24.6 Å². The quantitative estimate of drug-likeness (QED) is 0.103. The van der Waals surface area contributed by atoms with Crippen molar-refractivity contribution in [1.82, 2.24) is 28.6 Å². The summed E-state index contributed by atoms with van der Waals surface area (Å²) in [5.74, 6) is 0.904. The van der Waals surface area contributed by atoms with Gasteiger partial charge in [-0.05, 0) is 74.9 Å². The molecular formula is C36H47N7O2SSi. The molecule has 1 spiro atoms. The molecule has 0 radical (unpaired) electrons. The highest BCUT2D eigenvalue weighted by molar-refractivity contribution is 7.90. The van der Waals surface area contributed by atoms with E-state index in [9.17, 15) is 4.55 Å². The van der Waals surface area contributed by atoms with Crippen molar-refractivity contribution < 1.29 is 9.29 Å². The van der Waals surface area contributed by atoms with Crippen molar-refractivity contribution >= 4 is 42.1 Å². The van der Waals surface area contributed by atoms with Crippen LogP contribution in [-0.4, -0.2) is 61.0 Å². The number of pyridine rings is 1. The summed E-state index contributed by atoms with van der Waals surface area (Å²) < 4.78 is 27.2. The highest BCUT2D eigenvalue weighted by atomic mass is 32.2. The Morgan fingerprint density at radius 2 is 1.79 bits per heavy atom. The molecule has 47 heavy (non-hydrogen) atoms. The van der Waals surface area contributed by atoms with E-state index in [1.54, 1.807) is 0 Å². The number of hydrogen-bond acceptors (Lipinski definition) is 7. The number of nitrogens with one attached hydrogen (secondary N) is 1. The van der Waals surface area contributed by atoms with E-state index in [1.807, 2.05) is 57.7 Å². The summed E-state index contributed by atoms with van der Waals surface area (Å²) in [4.78, 5) is 16.9. The predicted molar refractivity (Wildman–Crippen MR) is 194 cm³/mol. The average Bonchev–Trinajstić information content (AvgIpc) is 3.74. The SMILES string of the molecule is CC(C)(C)[S@@+]([O-])N[C@@H]1c2ccccc2CC12CCN(c1nc3c(c(-c4ccncc4)cn3COCC[Si](C)(C)C)c3nccn13)CC2. The Kier molecular flexibility index (Phi) is 8.49. The molecule has 0 unspecified atom stereocenters. The molecule has 11 heteroatoms. The van der Waals surface area contributed by atoms with Crippen LogP contribution in [0.3, 0.4) is 0 Å². The van der Waals surface area contributed by atoms with E-state index >= 15 is 0 Å². The molecule has 0 saturated carbocycles. The fourth-order valence-corrected chi connectivity index (χ4v) is 8.88. The predicted octanol–water partition coefficient (Wildman–Crippen LogP) is 6.99. The number of anilines is 1. The lowest BCUT2D eigenvalue weighted by Gasteiger charge is -2.44. The number of rotatable bonds is 9. The average molecular weight is 670 g/mol. The van der Waals surface area contributed by atoms with E-state index < -0.39 is 19.4 Å². The standard InChI is InChI=1S/C36H47N7O2SSi/c1-35(2,3)46(44)40-31-28-10-8-7-9-27(28)23-36(31)13-18-41(19-14-36)34-39-33-30(32-38-17-20-43(32)34)29(26-11-15-37-16-12-26)24-42(33)25-45-21-22-47(4,5)6/h7-12,15-17,20,24,31,40H,13-14,18-19,21-23,25H2,1-6H3/t31-,46-/m1/s1. The van der Waals surface area contributed by atoms with Crippen LogP contribution in [0.15, 0.2) is 67.4 Å². The van der Waals surface area contributed by atoms with E-state index in [2.05, 4.69) is 73.7 Å². The second-order valence-corrected chi connectivity index (χ2v) is 23.1. The molecule has 248 valence electrons. The molecule has 5 aromatic rings. The van der Waals surface area contributed by atoms with Crippen molar-refractivity contribution in [1.29, 1.82) is 0 Å². The Hall–Kier alpha value is -3.22. The monoisotopic (exact) mass is 669 g/mol. The number of hydrogen-bond donors (Lipinski definition) is 1. The van der Waals surface area contributed by atoms with Gasteiger partial charge in [0.05, 0.1) is 11.4 Å². The van der Waals surface area contributed by atoms with Crippen LogP contribution < -0.4 is 9.62 Å². The lowest BCUT2D eigenvalue weighted by molar-refractivity contribution is 0.0899. The van der Waals surface area contributed by atoms with Gasteiger partial charge in [0.1, 0.15) is 17.1 Å². The molecule has 2 atom stereocenters. The molecule has 2 aliphatic rings. The van der Waals surface area contributed by atoms with E-state index in [0.29, 0.717) is 6.73 Å². The van der Waals surface area contributed by atoms with Gasteiger partial charge in [0.15, 0.2) is 5.65 Å². The lowest BCUT2D eigenvalue weighted by Crippen LogP contribution is -2.50. The number of imidazole rings is 1. The summed E-state index contributed by atoms with van der Waals surface area (Å²) in [5.41, 5.74) is 6.60. The first-order chi connectivity index (χ1) is 22.4. The lowest BCUT2D eigenvalue weighted by atomic mass is 9.73. The first-order valence-electron chi connectivity index (χ1n) is 16.8. The van der Waals surface area contributed by atoms with Gasteiger partial charge in [-0.1, -0.05) is 43.9 Å². The van der Waals surface area contributed by atoms with Crippen LogP contribution in [0, 0.1) is 5.41 Å². The zero-order chi connectivity index (χ0) is 33.0. The molecule has 1 aliphatic carbocycles. The minimum atomic E-state index is -1.21. The molecular weight excluding hydrogens is 623 g/mol. The maximum atomic E-state index is 13.4. The molecule has 1 saturated heterocycles. The molecule has 5 heterocycles. The van der Waals surface area contributed by atoms with E-state index in [0.717, 1.165) is 78.8 Å². The van der Waals surface area contributed by atoms with Crippen LogP contribution in [0.4, 0.5) is 5.95 Å². The number of aromatic nitrogens is 5. The Morgan fingerprint density at radius 3 is 2.51 bits per heavy atom. The first-order valence-corrected chi connectivity index (χ1v) is 21.6. The smallest absolute Gasteiger partial charge is 0.213 e. The maximum absolute atomic E-state index is 13.4. The van der Waals surface area contributed by atoms with Crippen molar-refractivity contribution in [3.05, 3.63) is 78.5 Å². The summed E-state index contributed by atoms with van der Waals surface area (Å²) in [6.07, 6.45) is 12.7. The topological polar surface area (TPSA) is 95.6 Å². The fourth-order valence-electron chi connectivity index (χ4n) is 7.18. The number of nitrogens with zero attached hydrogens (tertiary/aromatic N) is 6. The minimum Gasteiger partial charge on any atom is -0.598 e. The van der Waals surface area contributed by atoms with Gasteiger partial charge >= 0.3 is 0 Å². The van der Waals surface area contributed by atoms with Crippen LogP contribution in [0.2, 0.25) is 25.7 Å². The van der Waals surface area contributed by atoms with E-state index in [4.69, 9.17) is 14.7 Å².